The molecule has 3 rings (SSSR count). The summed E-state index contributed by atoms with van der Waals surface area (Å²) in [4.78, 5) is 14.6. The Bertz CT molecular complexity index is 569. The molecule has 0 bridgehead atoms. The Kier molecular flexibility index (Phi) is 3.43. The summed E-state index contributed by atoms with van der Waals surface area (Å²) in [5, 5.41) is 0. The number of rotatable bonds is 1. The maximum Gasteiger partial charge on any atom is 0.256 e. The van der Waals surface area contributed by atoms with Gasteiger partial charge in [0.15, 0.2) is 11.5 Å². The number of fused-ring (bicyclic) bond motifs is 1. The first-order valence-electron chi connectivity index (χ1n) is 7.45. The summed E-state index contributed by atoms with van der Waals surface area (Å²) in [5.74, 6) is 1.20. The number of nitrogen functional groups attached to an aromatic ring is 1. The predicted molar refractivity (Wildman–Crippen MR) is 80.5 cm³/mol. The fourth-order valence-corrected chi connectivity index (χ4v) is 2.94. The van der Waals surface area contributed by atoms with Gasteiger partial charge in [0, 0.05) is 24.8 Å². The van der Waals surface area contributed by atoms with Crippen LogP contribution < -0.4 is 15.2 Å². The fraction of sp³-hybridized carbons (Fsp3) is 0.562. The normalized spacial score (nSPS) is 20.2. The molecule has 2 heterocycles. The van der Waals surface area contributed by atoms with Gasteiger partial charge in [-0.25, -0.2) is 0 Å². The predicted octanol–water partition coefficient (Wildman–Crippen LogP) is 2.65. The van der Waals surface area contributed by atoms with Crippen LogP contribution in [0.3, 0.4) is 0 Å². The number of carbonyl (C=O) groups excluding carboxylic acids is 1. The molecule has 2 aliphatic rings. The van der Waals surface area contributed by atoms with Crippen LogP contribution in [0.1, 0.15) is 43.5 Å². The van der Waals surface area contributed by atoms with Crippen molar-refractivity contribution in [3.05, 3.63) is 17.7 Å². The lowest BCUT2D eigenvalue weighted by Gasteiger charge is -2.24. The number of anilines is 1. The van der Waals surface area contributed by atoms with Gasteiger partial charge >= 0.3 is 0 Å². The van der Waals surface area contributed by atoms with Crippen molar-refractivity contribution >= 4 is 11.6 Å². The quantitative estimate of drug-likeness (QED) is 0.808. The molecule has 2 aliphatic heterocycles. The maximum atomic E-state index is 12.7. The van der Waals surface area contributed by atoms with Crippen molar-refractivity contribution in [3.8, 4) is 11.5 Å². The molecule has 21 heavy (non-hydrogen) atoms. The van der Waals surface area contributed by atoms with E-state index in [2.05, 4.69) is 13.8 Å². The minimum absolute atomic E-state index is 0.0106. The van der Waals surface area contributed by atoms with Crippen LogP contribution in [0.5, 0.6) is 11.5 Å². The smallest absolute Gasteiger partial charge is 0.256 e. The number of hydrogen-bond donors (Lipinski definition) is 1. The fourth-order valence-electron chi connectivity index (χ4n) is 2.94. The van der Waals surface area contributed by atoms with Gasteiger partial charge in [0.1, 0.15) is 0 Å². The first kappa shape index (κ1) is 14.0. The number of ether oxygens (including phenoxy) is 2. The highest BCUT2D eigenvalue weighted by atomic mass is 16.7. The summed E-state index contributed by atoms with van der Waals surface area (Å²) in [7, 11) is 0. The van der Waals surface area contributed by atoms with Gasteiger partial charge in [-0.3, -0.25) is 4.79 Å². The van der Waals surface area contributed by atoms with E-state index < -0.39 is 0 Å². The van der Waals surface area contributed by atoms with Gasteiger partial charge in [-0.05, 0) is 30.7 Å². The van der Waals surface area contributed by atoms with Crippen molar-refractivity contribution in [1.29, 1.82) is 0 Å². The number of likely N-dealkylation sites (tertiary alicyclic amines) is 1. The molecule has 1 saturated heterocycles. The lowest BCUT2D eigenvalue weighted by molar-refractivity contribution is 0.0758. The van der Waals surface area contributed by atoms with Crippen molar-refractivity contribution in [2.45, 2.75) is 33.1 Å². The van der Waals surface area contributed by atoms with E-state index in [1.165, 1.54) is 0 Å². The minimum atomic E-state index is -0.0106. The second-order valence-electron chi connectivity index (χ2n) is 6.60. The number of nitrogens with two attached hydrogens (primary N) is 1. The molecule has 114 valence electrons. The molecule has 0 radical (unpaired) electrons. The molecular weight excluding hydrogens is 268 g/mol. The van der Waals surface area contributed by atoms with E-state index in [0.29, 0.717) is 28.2 Å². The third-order valence-corrected chi connectivity index (χ3v) is 4.40. The Morgan fingerprint density at radius 1 is 1.19 bits per heavy atom. The van der Waals surface area contributed by atoms with E-state index in [0.717, 1.165) is 32.4 Å². The van der Waals surface area contributed by atoms with E-state index >= 15 is 0 Å². The number of nitrogens with zero attached hydrogens (tertiary/aromatic N) is 1. The Labute approximate surface area is 125 Å². The molecule has 0 aliphatic carbocycles. The molecule has 0 saturated carbocycles. The molecule has 1 aromatic carbocycles. The number of amides is 1. The van der Waals surface area contributed by atoms with Crippen LogP contribution >= 0.6 is 0 Å². The van der Waals surface area contributed by atoms with E-state index in [9.17, 15) is 4.79 Å². The molecule has 1 amide bonds. The summed E-state index contributed by atoms with van der Waals surface area (Å²) < 4.78 is 10.6. The highest BCUT2D eigenvalue weighted by Gasteiger charge is 2.28. The van der Waals surface area contributed by atoms with Gasteiger partial charge in [-0.2, -0.15) is 0 Å². The SMILES string of the molecule is CC1(C)CCCN(C(=O)c2cc3c(cc2N)OCO3)CC1. The Morgan fingerprint density at radius 2 is 1.90 bits per heavy atom. The summed E-state index contributed by atoms with van der Waals surface area (Å²) in [5.41, 5.74) is 7.28. The monoisotopic (exact) mass is 290 g/mol. The van der Waals surface area contributed by atoms with Crippen LogP contribution in [0.25, 0.3) is 0 Å². The van der Waals surface area contributed by atoms with Gasteiger partial charge in [-0.15, -0.1) is 0 Å². The van der Waals surface area contributed by atoms with Crippen molar-refractivity contribution in [1.82, 2.24) is 4.90 Å². The van der Waals surface area contributed by atoms with E-state index in [1.54, 1.807) is 12.1 Å². The number of carbonyl (C=O) groups is 1. The van der Waals surface area contributed by atoms with Crippen molar-refractivity contribution in [3.63, 3.8) is 0 Å². The lowest BCUT2D eigenvalue weighted by Crippen LogP contribution is -2.32. The third-order valence-electron chi connectivity index (χ3n) is 4.40. The highest BCUT2D eigenvalue weighted by Crippen LogP contribution is 2.37. The van der Waals surface area contributed by atoms with Crippen LogP contribution in [-0.4, -0.2) is 30.7 Å². The van der Waals surface area contributed by atoms with Gasteiger partial charge < -0.3 is 20.1 Å². The first-order valence-corrected chi connectivity index (χ1v) is 7.45. The molecule has 0 atom stereocenters. The van der Waals surface area contributed by atoms with Crippen LogP contribution in [-0.2, 0) is 0 Å². The van der Waals surface area contributed by atoms with Crippen LogP contribution in [0, 0.1) is 5.41 Å². The van der Waals surface area contributed by atoms with Crippen molar-refractivity contribution in [2.24, 2.45) is 5.41 Å². The molecule has 1 aromatic rings. The van der Waals surface area contributed by atoms with Crippen molar-refractivity contribution in [2.75, 3.05) is 25.6 Å². The zero-order valence-electron chi connectivity index (χ0n) is 12.6. The second-order valence-corrected chi connectivity index (χ2v) is 6.60. The summed E-state index contributed by atoms with van der Waals surface area (Å²) >= 11 is 0. The average Bonchev–Trinajstić information content (AvgIpc) is 2.79. The van der Waals surface area contributed by atoms with E-state index in [1.807, 2.05) is 4.90 Å². The summed E-state index contributed by atoms with van der Waals surface area (Å²) in [6, 6.07) is 3.38. The van der Waals surface area contributed by atoms with Gasteiger partial charge in [-0.1, -0.05) is 13.8 Å². The third kappa shape index (κ3) is 2.77. The molecular formula is C16H22N2O3. The van der Waals surface area contributed by atoms with Gasteiger partial charge in [0.05, 0.1) is 5.56 Å². The average molecular weight is 290 g/mol. The zero-order valence-corrected chi connectivity index (χ0v) is 12.6. The maximum absolute atomic E-state index is 12.7. The molecule has 5 heteroatoms. The zero-order chi connectivity index (χ0) is 15.0. The molecule has 5 nitrogen and oxygen atoms in total. The van der Waals surface area contributed by atoms with Gasteiger partial charge in [0.2, 0.25) is 6.79 Å². The molecule has 2 N–H and O–H groups in total. The van der Waals surface area contributed by atoms with Crippen LogP contribution in [0.2, 0.25) is 0 Å². The number of hydrogen-bond acceptors (Lipinski definition) is 4. The number of benzene rings is 1. The van der Waals surface area contributed by atoms with Gasteiger partial charge in [0.25, 0.3) is 5.91 Å². The Balaban J connectivity index is 1.82. The van der Waals surface area contributed by atoms with E-state index in [-0.39, 0.29) is 12.7 Å². The lowest BCUT2D eigenvalue weighted by atomic mass is 9.85. The molecule has 0 aromatic heterocycles. The highest BCUT2D eigenvalue weighted by molar-refractivity contribution is 6.00. The molecule has 1 fully saturated rings. The summed E-state index contributed by atoms with van der Waals surface area (Å²) in [6.45, 7) is 6.27. The largest absolute Gasteiger partial charge is 0.454 e. The standard InChI is InChI=1S/C16H22N2O3/c1-16(2)4-3-6-18(7-5-16)15(19)11-8-13-14(9-12(11)17)21-10-20-13/h8-9H,3-7,10,17H2,1-2H3. The molecule has 0 spiro atoms. The Morgan fingerprint density at radius 3 is 2.67 bits per heavy atom. The topological polar surface area (TPSA) is 64.8 Å². The van der Waals surface area contributed by atoms with E-state index in [4.69, 9.17) is 15.2 Å². The summed E-state index contributed by atoms with van der Waals surface area (Å²) in [6.07, 6.45) is 3.19. The van der Waals surface area contributed by atoms with Crippen LogP contribution in [0.4, 0.5) is 5.69 Å². The van der Waals surface area contributed by atoms with Crippen molar-refractivity contribution < 1.29 is 14.3 Å². The van der Waals surface area contributed by atoms with Crippen LogP contribution in [0.15, 0.2) is 12.1 Å². The molecule has 0 unspecified atom stereocenters. The minimum Gasteiger partial charge on any atom is -0.454 e. The first-order chi connectivity index (χ1) is 9.96. The second kappa shape index (κ2) is 5.13. The Hall–Kier alpha value is -1.91.